The van der Waals surface area contributed by atoms with E-state index < -0.39 is 11.6 Å². The van der Waals surface area contributed by atoms with Crippen LogP contribution in [0.25, 0.3) is 10.4 Å². The fourth-order valence-electron chi connectivity index (χ4n) is 1.94. The van der Waals surface area contributed by atoms with Crippen LogP contribution in [-0.4, -0.2) is 21.8 Å². The molecule has 0 aliphatic heterocycles. The maximum Gasteiger partial charge on any atom is 0.361 e. The molecule has 0 radical (unpaired) electrons. The van der Waals surface area contributed by atoms with Crippen LogP contribution in [0.15, 0.2) is 35.4 Å². The van der Waals surface area contributed by atoms with E-state index in [0.29, 0.717) is 11.3 Å². The third kappa shape index (κ3) is 4.21. The van der Waals surface area contributed by atoms with Crippen LogP contribution >= 0.6 is 0 Å². The van der Waals surface area contributed by atoms with Gasteiger partial charge in [-0.1, -0.05) is 18.2 Å². The third-order valence-electron chi connectivity index (χ3n) is 2.97. The molecule has 0 amide bonds. The van der Waals surface area contributed by atoms with Crippen molar-refractivity contribution in [1.82, 2.24) is 10.2 Å². The van der Waals surface area contributed by atoms with E-state index in [1.54, 1.807) is 27.7 Å². The fourth-order valence-corrected chi connectivity index (χ4v) is 1.94. The normalized spacial score (nSPS) is 10.7. The Bertz CT molecular complexity index is 792. The molecule has 8 heteroatoms. The van der Waals surface area contributed by atoms with Crippen molar-refractivity contribution in [1.29, 1.82) is 0 Å². The van der Waals surface area contributed by atoms with Crippen LogP contribution in [0, 0.1) is 6.92 Å². The topological polar surface area (TPSA) is 113 Å². The highest BCUT2D eigenvalue weighted by Gasteiger charge is 2.24. The Morgan fingerprint density at radius 1 is 1.25 bits per heavy atom. The molecule has 0 bridgehead atoms. The van der Waals surface area contributed by atoms with Gasteiger partial charge in [0, 0.05) is 16.2 Å². The Morgan fingerprint density at radius 3 is 2.50 bits per heavy atom. The number of azide groups is 1. The maximum absolute atomic E-state index is 12.4. The van der Waals surface area contributed by atoms with Gasteiger partial charge in [0.25, 0.3) is 0 Å². The van der Waals surface area contributed by atoms with Crippen LogP contribution < -0.4 is 5.32 Å². The predicted octanol–water partition coefficient (Wildman–Crippen LogP) is 4.43. The number of hydrogen-bond donors (Lipinski definition) is 1. The largest absolute Gasteiger partial charge is 0.455 e. The van der Waals surface area contributed by atoms with Crippen LogP contribution in [-0.2, 0) is 4.74 Å². The molecule has 0 saturated heterocycles. The van der Waals surface area contributed by atoms with Gasteiger partial charge in [-0.05, 0) is 50.5 Å². The molecule has 2 rings (SSSR count). The zero-order valence-electron chi connectivity index (χ0n) is 13.9. The van der Waals surface area contributed by atoms with Gasteiger partial charge in [0.1, 0.15) is 5.60 Å². The number of aromatic nitrogens is 2. The van der Waals surface area contributed by atoms with Gasteiger partial charge >= 0.3 is 5.97 Å². The van der Waals surface area contributed by atoms with Gasteiger partial charge in [0.05, 0.1) is 5.69 Å². The number of anilines is 2. The number of benzene rings is 1. The number of carbonyl (C=O) groups is 1. The van der Waals surface area contributed by atoms with Crippen molar-refractivity contribution in [2.75, 3.05) is 5.32 Å². The van der Waals surface area contributed by atoms with E-state index >= 15 is 0 Å². The number of ether oxygens (including phenoxy) is 1. The Morgan fingerprint density at radius 2 is 1.92 bits per heavy atom. The first-order valence-electron chi connectivity index (χ1n) is 7.29. The second-order valence-electron chi connectivity index (χ2n) is 6.05. The van der Waals surface area contributed by atoms with E-state index in [4.69, 9.17) is 10.3 Å². The monoisotopic (exact) mass is 326 g/mol. The lowest BCUT2D eigenvalue weighted by molar-refractivity contribution is 0.00629. The van der Waals surface area contributed by atoms with Gasteiger partial charge < -0.3 is 10.1 Å². The molecule has 0 saturated carbocycles. The average molecular weight is 326 g/mol. The van der Waals surface area contributed by atoms with Crippen molar-refractivity contribution < 1.29 is 9.53 Å². The maximum atomic E-state index is 12.4. The standard InChI is InChI=1S/C16H18N6O2/c1-10-12(18-11-8-6-5-7-9-11)13(15(23)24-16(2,3)4)19-20-14(10)21-22-17/h5-9H,1-4H3,(H,18,20). The quantitative estimate of drug-likeness (QED) is 0.386. The van der Waals surface area contributed by atoms with Crippen LogP contribution in [0.3, 0.4) is 0 Å². The van der Waals surface area contributed by atoms with Crippen LogP contribution in [0.4, 0.5) is 17.2 Å². The van der Waals surface area contributed by atoms with Gasteiger partial charge in [0.15, 0.2) is 11.5 Å². The van der Waals surface area contributed by atoms with Gasteiger partial charge in [0.2, 0.25) is 0 Å². The number of rotatable bonds is 4. The highest BCUT2D eigenvalue weighted by atomic mass is 16.6. The van der Waals surface area contributed by atoms with E-state index in [1.165, 1.54) is 0 Å². The second kappa shape index (κ2) is 6.97. The summed E-state index contributed by atoms with van der Waals surface area (Å²) in [6.45, 7) is 7.00. The number of nitrogens with one attached hydrogen (secondary N) is 1. The van der Waals surface area contributed by atoms with Crippen LogP contribution in [0.5, 0.6) is 0 Å². The van der Waals surface area contributed by atoms with Gasteiger partial charge in [-0.15, -0.1) is 10.2 Å². The molecular weight excluding hydrogens is 308 g/mol. The summed E-state index contributed by atoms with van der Waals surface area (Å²) in [5.41, 5.74) is 9.66. The summed E-state index contributed by atoms with van der Waals surface area (Å²) in [6, 6.07) is 9.27. The van der Waals surface area contributed by atoms with Crippen molar-refractivity contribution >= 4 is 23.2 Å². The molecule has 0 aliphatic carbocycles. The van der Waals surface area contributed by atoms with Gasteiger partial charge in [-0.25, -0.2) is 4.79 Å². The molecule has 1 N–H and O–H groups in total. The molecule has 8 nitrogen and oxygen atoms in total. The van der Waals surface area contributed by atoms with Crippen molar-refractivity contribution in [3.05, 3.63) is 52.0 Å². The van der Waals surface area contributed by atoms with E-state index in [1.807, 2.05) is 30.3 Å². The number of para-hydroxylation sites is 1. The van der Waals surface area contributed by atoms with Crippen molar-refractivity contribution in [2.45, 2.75) is 33.3 Å². The van der Waals surface area contributed by atoms with E-state index in [2.05, 4.69) is 25.5 Å². The van der Waals surface area contributed by atoms with Crippen molar-refractivity contribution in [3.63, 3.8) is 0 Å². The fraction of sp³-hybridized carbons (Fsp3) is 0.312. The van der Waals surface area contributed by atoms with Gasteiger partial charge in [-0.2, -0.15) is 0 Å². The molecule has 1 aromatic carbocycles. The summed E-state index contributed by atoms with van der Waals surface area (Å²) in [6.07, 6.45) is 0. The summed E-state index contributed by atoms with van der Waals surface area (Å²) in [5.74, 6) is -0.507. The lowest BCUT2D eigenvalue weighted by Gasteiger charge is -2.21. The van der Waals surface area contributed by atoms with Gasteiger partial charge in [-0.3, -0.25) is 0 Å². The lowest BCUT2D eigenvalue weighted by atomic mass is 10.1. The molecule has 24 heavy (non-hydrogen) atoms. The summed E-state index contributed by atoms with van der Waals surface area (Å²) in [7, 11) is 0. The van der Waals surface area contributed by atoms with Crippen molar-refractivity contribution in [2.24, 2.45) is 5.11 Å². The minimum atomic E-state index is -0.667. The van der Waals surface area contributed by atoms with Crippen molar-refractivity contribution in [3.8, 4) is 0 Å². The first-order chi connectivity index (χ1) is 11.3. The molecular formula is C16H18N6O2. The average Bonchev–Trinajstić information content (AvgIpc) is 2.51. The predicted molar refractivity (Wildman–Crippen MR) is 90.5 cm³/mol. The summed E-state index contributed by atoms with van der Waals surface area (Å²) in [4.78, 5) is 15.2. The molecule has 124 valence electrons. The summed E-state index contributed by atoms with van der Waals surface area (Å²) < 4.78 is 5.37. The zero-order chi connectivity index (χ0) is 17.7. The first-order valence-corrected chi connectivity index (χ1v) is 7.29. The Hall–Kier alpha value is -3.12. The Kier molecular flexibility index (Phi) is 5.01. The number of hydrogen-bond acceptors (Lipinski definition) is 6. The third-order valence-corrected chi connectivity index (χ3v) is 2.97. The van der Waals surface area contributed by atoms with E-state index in [9.17, 15) is 4.79 Å². The Balaban J connectivity index is 2.51. The lowest BCUT2D eigenvalue weighted by Crippen LogP contribution is -2.25. The van der Waals surface area contributed by atoms with E-state index in [0.717, 1.165) is 5.69 Å². The highest BCUT2D eigenvalue weighted by Crippen LogP contribution is 2.30. The highest BCUT2D eigenvalue weighted by molar-refractivity contribution is 5.96. The second-order valence-corrected chi connectivity index (χ2v) is 6.05. The molecule has 0 atom stereocenters. The van der Waals surface area contributed by atoms with Crippen LogP contribution in [0.1, 0.15) is 36.8 Å². The molecule has 2 aromatic rings. The molecule has 0 fully saturated rings. The first kappa shape index (κ1) is 17.2. The minimum absolute atomic E-state index is 0.0307. The molecule has 1 aromatic heterocycles. The van der Waals surface area contributed by atoms with E-state index in [-0.39, 0.29) is 11.5 Å². The SMILES string of the molecule is Cc1c(N=[N+]=[N-])nnc(C(=O)OC(C)(C)C)c1Nc1ccccc1. The van der Waals surface area contributed by atoms with Crippen LogP contribution in [0.2, 0.25) is 0 Å². The summed E-state index contributed by atoms with van der Waals surface area (Å²) >= 11 is 0. The summed E-state index contributed by atoms with van der Waals surface area (Å²) in [5, 5.41) is 14.3. The number of nitrogens with zero attached hydrogens (tertiary/aromatic N) is 5. The molecule has 1 heterocycles. The Labute approximate surface area is 139 Å². The number of esters is 1. The molecule has 0 aliphatic rings. The minimum Gasteiger partial charge on any atom is -0.455 e. The smallest absolute Gasteiger partial charge is 0.361 e. The molecule has 0 spiro atoms. The zero-order valence-corrected chi connectivity index (χ0v) is 13.9. The molecule has 0 unspecified atom stereocenters. The number of carbonyl (C=O) groups excluding carboxylic acids is 1.